The van der Waals surface area contributed by atoms with Gasteiger partial charge < -0.3 is 116 Å². The minimum Gasteiger partial charge on any atom is -0.481 e. The molecule has 109 heavy (non-hydrogen) atoms. The number of hydrogen-bond acceptors (Lipinski definition) is 22. The maximum Gasteiger partial charge on any atom is 0.328 e. The number of aliphatic hydroxyl groups is 3. The predicted molar refractivity (Wildman–Crippen MR) is 389 cm³/mol. The molecule has 0 spiro atoms. The summed E-state index contributed by atoms with van der Waals surface area (Å²) in [6, 6.07) is -11.0. The molecule has 14 amide bonds. The molecule has 1 fully saturated rings. The van der Waals surface area contributed by atoms with Crippen molar-refractivity contribution in [2.75, 3.05) is 32.8 Å². The lowest BCUT2D eigenvalue weighted by molar-refractivity contribution is -0.145. The topological polar surface area (TPSA) is 623 Å². The first-order valence-corrected chi connectivity index (χ1v) is 36.4. The third-order valence-corrected chi connectivity index (χ3v) is 17.8. The van der Waals surface area contributed by atoms with E-state index in [9.17, 15) is 112 Å². The van der Waals surface area contributed by atoms with Crippen LogP contribution >= 0.6 is 0 Å². The van der Waals surface area contributed by atoms with E-state index in [4.69, 9.17) is 11.5 Å². The number of hydrogen-bond donors (Lipinski definition) is 21. The fraction of sp³-hybridized carbons (Fsp3) is 0.671. The van der Waals surface area contributed by atoms with E-state index in [2.05, 4.69) is 69.1 Å². The third kappa shape index (κ3) is 33.2. The van der Waals surface area contributed by atoms with Crippen LogP contribution in [0.2, 0.25) is 0 Å². The van der Waals surface area contributed by atoms with Gasteiger partial charge in [0.05, 0.1) is 37.9 Å². The van der Waals surface area contributed by atoms with Crippen LogP contribution in [0.5, 0.6) is 0 Å². The number of benzene rings is 1. The SMILES string of the molecule is CC[C@H](C)[C@H](NC(=O)[C@H](CO)NC(=O)[C@H](CCCCN)NC(=O)[C@@H]1CCCN1C(=O)[C@H](Cc1ccccc1)NC(=O)[C@@H](NC(=O)[C@@H](NC(=O)CNC(=O)[C@H](CCC(=O)O)NC(=O)[C@H](C)NC(=O)CNC(=O)[C@H](CC(C)C)NC(=O)[C@@H](N)C(C)C)[C@@H](C)O)C(C)C)C(=O)N[C@@H](CCC(=O)O)C(=O)N[C@H](C(=O)O)[C@@H](C)O. The maximum atomic E-state index is 14.9. The monoisotopic (exact) mass is 1550 g/mol. The highest BCUT2D eigenvalue weighted by Crippen LogP contribution is 2.22. The molecule has 1 aliphatic heterocycles. The van der Waals surface area contributed by atoms with E-state index in [0.717, 1.165) is 13.8 Å². The zero-order valence-electron chi connectivity index (χ0n) is 63.6. The number of rotatable bonds is 49. The Bertz CT molecular complexity index is 3290. The quantitative estimate of drug-likeness (QED) is 0.0270. The fourth-order valence-electron chi connectivity index (χ4n) is 11.2. The number of carbonyl (C=O) groups is 17. The van der Waals surface area contributed by atoms with E-state index in [-0.39, 0.29) is 69.9 Å². The van der Waals surface area contributed by atoms with Crippen LogP contribution in [0, 0.1) is 23.7 Å². The van der Waals surface area contributed by atoms with Gasteiger partial charge in [-0.2, -0.15) is 0 Å². The summed E-state index contributed by atoms with van der Waals surface area (Å²) in [7, 11) is 0. The summed E-state index contributed by atoms with van der Waals surface area (Å²) in [4.78, 5) is 228. The number of nitrogens with two attached hydrogens (primary N) is 2. The summed E-state index contributed by atoms with van der Waals surface area (Å²) < 4.78 is 0. The van der Waals surface area contributed by atoms with Crippen LogP contribution in [0.25, 0.3) is 0 Å². The number of carbonyl (C=O) groups excluding carboxylic acids is 14. The number of amides is 14. The van der Waals surface area contributed by atoms with Crippen molar-refractivity contribution in [3.8, 4) is 0 Å². The molecule has 1 saturated heterocycles. The molecule has 1 heterocycles. The molecule has 612 valence electrons. The molecule has 0 radical (unpaired) electrons. The molecule has 1 aromatic carbocycles. The average Bonchev–Trinajstić information content (AvgIpc) is 1.73. The Morgan fingerprint density at radius 3 is 1.48 bits per heavy atom. The lowest BCUT2D eigenvalue weighted by Crippen LogP contribution is -2.62. The van der Waals surface area contributed by atoms with E-state index >= 15 is 0 Å². The van der Waals surface area contributed by atoms with Crippen LogP contribution in [0.4, 0.5) is 0 Å². The highest BCUT2D eigenvalue weighted by atomic mass is 16.4. The Balaban J connectivity index is 2.33. The van der Waals surface area contributed by atoms with Crippen molar-refractivity contribution in [3.05, 3.63) is 35.9 Å². The molecule has 39 nitrogen and oxygen atoms in total. The standard InChI is InChI=1S/C70H114N16O23/c1-12-37(8)55(67(105)78-44(24-26-52(94)95)62(100)85-57(40(11)89)70(108)109)84-63(101)47(33-87)81-61(99)42(21-16-17-27-71)77-64(102)48-22-18-28-86(48)69(107)46(30-41-19-14-13-15-20-41)80-66(104)54(36(6)7)83-68(106)56(39(10)88)82-50(91)32-73-59(97)43(23-25-51(92)93)76-58(96)38(9)75-49(90)31-74-60(98)45(29-34(2)3)79-65(103)53(72)35(4)5/h13-15,19-20,34-40,42-48,53-57,87-89H,12,16-18,21-33,71-72H2,1-11H3,(H,73,97)(H,74,98)(H,75,90)(H,76,96)(H,77,102)(H,78,105)(H,79,103)(H,80,104)(H,81,99)(H,82,91)(H,83,106)(H,84,101)(H,85,100)(H,92,93)(H,94,95)(H,108,109)/t37-,38-,39+,40+,42-,43-,44-,45-,46-,47-,48-,53-,54-,55-,56-,57-/m0/s1. The molecule has 0 bridgehead atoms. The van der Waals surface area contributed by atoms with E-state index in [1.54, 1.807) is 51.1 Å². The smallest absolute Gasteiger partial charge is 0.328 e. The summed E-state index contributed by atoms with van der Waals surface area (Å²) in [6.45, 7) is 14.2. The molecule has 0 saturated carbocycles. The molecule has 0 aromatic heterocycles. The minimum atomic E-state index is -1.86. The maximum absolute atomic E-state index is 14.9. The van der Waals surface area contributed by atoms with E-state index < -0.39 is 249 Å². The number of carboxylic acid groups (broad SMARTS) is 3. The molecule has 2 rings (SSSR count). The van der Waals surface area contributed by atoms with Crippen LogP contribution in [0.3, 0.4) is 0 Å². The second kappa shape index (κ2) is 47.7. The molecule has 16 atom stereocenters. The Morgan fingerprint density at radius 2 is 0.963 bits per heavy atom. The van der Waals surface area contributed by atoms with Gasteiger partial charge in [0.1, 0.15) is 66.5 Å². The Morgan fingerprint density at radius 1 is 0.495 bits per heavy atom. The Hall–Kier alpha value is -9.99. The van der Waals surface area contributed by atoms with Gasteiger partial charge >= 0.3 is 17.9 Å². The van der Waals surface area contributed by atoms with E-state index in [0.29, 0.717) is 12.0 Å². The van der Waals surface area contributed by atoms with Gasteiger partial charge in [-0.25, -0.2) is 4.79 Å². The van der Waals surface area contributed by atoms with Crippen LogP contribution in [-0.4, -0.2) is 260 Å². The van der Waals surface area contributed by atoms with Crippen LogP contribution in [0.1, 0.15) is 152 Å². The molecule has 1 aliphatic rings. The van der Waals surface area contributed by atoms with Crippen molar-refractivity contribution in [1.82, 2.24) is 74.0 Å². The van der Waals surface area contributed by atoms with Crippen molar-refractivity contribution in [3.63, 3.8) is 0 Å². The van der Waals surface area contributed by atoms with Gasteiger partial charge in [-0.05, 0) is 108 Å². The van der Waals surface area contributed by atoms with Crippen LogP contribution < -0.4 is 80.6 Å². The second-order valence-electron chi connectivity index (χ2n) is 28.2. The van der Waals surface area contributed by atoms with Gasteiger partial charge in [-0.1, -0.05) is 92.1 Å². The molecular formula is C70H114N16O23. The van der Waals surface area contributed by atoms with Gasteiger partial charge in [-0.3, -0.25) is 76.7 Å². The third-order valence-electron chi connectivity index (χ3n) is 17.8. The van der Waals surface area contributed by atoms with E-state index in [1.807, 2.05) is 13.8 Å². The van der Waals surface area contributed by atoms with Crippen molar-refractivity contribution in [2.24, 2.45) is 35.1 Å². The zero-order valence-corrected chi connectivity index (χ0v) is 63.6. The molecule has 39 heteroatoms. The van der Waals surface area contributed by atoms with Crippen molar-refractivity contribution < 1.29 is 112 Å². The number of likely N-dealkylation sites (tertiary alicyclic amines) is 1. The zero-order chi connectivity index (χ0) is 82.7. The molecule has 23 N–H and O–H groups in total. The normalized spacial score (nSPS) is 16.8. The number of nitrogens with one attached hydrogen (secondary N) is 13. The minimum absolute atomic E-state index is 0.0316. The number of aliphatic hydroxyl groups excluding tert-OH is 3. The van der Waals surface area contributed by atoms with Crippen molar-refractivity contribution in [2.45, 2.75) is 244 Å². The number of carboxylic acids is 3. The summed E-state index contributed by atoms with van der Waals surface area (Å²) >= 11 is 0. The molecule has 0 unspecified atom stereocenters. The second-order valence-corrected chi connectivity index (χ2v) is 28.2. The van der Waals surface area contributed by atoms with Gasteiger partial charge in [0, 0.05) is 25.8 Å². The molecule has 0 aliphatic carbocycles. The summed E-state index contributed by atoms with van der Waals surface area (Å²) in [5.74, 6) is -19.5. The summed E-state index contributed by atoms with van der Waals surface area (Å²) in [5, 5.41) is 90.8. The first-order chi connectivity index (χ1) is 51.1. The van der Waals surface area contributed by atoms with Gasteiger partial charge in [0.2, 0.25) is 82.7 Å². The van der Waals surface area contributed by atoms with Gasteiger partial charge in [0.25, 0.3) is 0 Å². The van der Waals surface area contributed by atoms with E-state index in [1.165, 1.54) is 32.6 Å². The largest absolute Gasteiger partial charge is 0.481 e. The molecule has 1 aromatic rings. The Kier molecular flexibility index (Phi) is 41.6. The van der Waals surface area contributed by atoms with Crippen LogP contribution in [0.15, 0.2) is 30.3 Å². The highest BCUT2D eigenvalue weighted by molar-refractivity contribution is 6.00. The van der Waals surface area contributed by atoms with Gasteiger partial charge in [0.15, 0.2) is 6.04 Å². The first kappa shape index (κ1) is 95.1. The van der Waals surface area contributed by atoms with Gasteiger partial charge in [-0.15, -0.1) is 0 Å². The first-order valence-electron chi connectivity index (χ1n) is 36.4. The predicted octanol–water partition coefficient (Wildman–Crippen LogP) is -5.77. The lowest BCUT2D eigenvalue weighted by Gasteiger charge is -2.32. The lowest BCUT2D eigenvalue weighted by atomic mass is 9.97. The van der Waals surface area contributed by atoms with Crippen molar-refractivity contribution >= 4 is 101 Å². The average molecular weight is 1550 g/mol. The Labute approximate surface area is 632 Å². The number of nitrogens with zero attached hydrogens (tertiary/aromatic N) is 1. The molecular weight excluding hydrogens is 1430 g/mol. The number of aliphatic carboxylic acids is 3. The van der Waals surface area contributed by atoms with Crippen LogP contribution in [-0.2, 0) is 87.9 Å². The summed E-state index contributed by atoms with van der Waals surface area (Å²) in [5.41, 5.74) is 12.2. The van der Waals surface area contributed by atoms with Crippen molar-refractivity contribution in [1.29, 1.82) is 0 Å². The summed E-state index contributed by atoms with van der Waals surface area (Å²) in [6.07, 6.45) is -4.69. The number of unbranched alkanes of at least 4 members (excludes halogenated alkanes) is 1. The highest BCUT2D eigenvalue weighted by Gasteiger charge is 2.42. The fourth-order valence-corrected chi connectivity index (χ4v) is 11.2.